The Kier molecular flexibility index (Phi) is 3.81. The molecule has 112 valence electrons. The summed E-state index contributed by atoms with van der Waals surface area (Å²) in [6, 6.07) is 10.8. The molecule has 1 saturated carbocycles. The molecule has 0 amide bonds. The maximum atomic E-state index is 5.48. The number of nitrogens with zero attached hydrogens (tertiary/aromatic N) is 2. The summed E-state index contributed by atoms with van der Waals surface area (Å²) in [5, 5.41) is 7.58. The molecule has 1 fully saturated rings. The topological polar surface area (TPSA) is 51.0 Å². The fourth-order valence-corrected chi connectivity index (χ4v) is 2.77. The summed E-state index contributed by atoms with van der Waals surface area (Å²) in [6.07, 6.45) is 3.43. The summed E-state index contributed by atoms with van der Waals surface area (Å²) in [5.41, 5.74) is 0.960. The number of hydrogen-bond acceptors (Lipinski definition) is 4. The molecular formula is C17H23N3O. The molecule has 1 aliphatic carbocycles. The van der Waals surface area contributed by atoms with E-state index in [1.807, 2.05) is 25.2 Å². The lowest BCUT2D eigenvalue weighted by Crippen LogP contribution is -2.29. The van der Waals surface area contributed by atoms with E-state index in [-0.39, 0.29) is 5.41 Å². The fraction of sp³-hybridized carbons (Fsp3) is 0.529. The van der Waals surface area contributed by atoms with Crippen molar-refractivity contribution in [1.29, 1.82) is 0 Å². The monoisotopic (exact) mass is 285 g/mol. The minimum atomic E-state index is -0.238. The third-order valence-electron chi connectivity index (χ3n) is 4.48. The third kappa shape index (κ3) is 3.00. The first kappa shape index (κ1) is 14.3. The number of likely N-dealkylation sites (N-methyl/N-ethyl adjacent to an activating group) is 1. The van der Waals surface area contributed by atoms with Gasteiger partial charge in [-0.15, -0.1) is 0 Å². The highest BCUT2D eigenvalue weighted by Gasteiger charge is 2.33. The van der Waals surface area contributed by atoms with Crippen LogP contribution in [0.15, 0.2) is 34.9 Å². The number of hydrogen-bond donors (Lipinski definition) is 1. The van der Waals surface area contributed by atoms with E-state index in [9.17, 15) is 0 Å². The minimum Gasteiger partial charge on any atom is -0.339 e. The van der Waals surface area contributed by atoms with Gasteiger partial charge in [0.25, 0.3) is 0 Å². The molecule has 0 aliphatic heterocycles. The molecule has 1 heterocycles. The van der Waals surface area contributed by atoms with Crippen LogP contribution in [0.4, 0.5) is 0 Å². The predicted molar refractivity (Wildman–Crippen MR) is 82.1 cm³/mol. The second-order valence-corrected chi connectivity index (χ2v) is 6.44. The molecule has 0 saturated heterocycles. The molecule has 1 aliphatic rings. The van der Waals surface area contributed by atoms with Gasteiger partial charge in [0, 0.05) is 12.5 Å². The summed E-state index contributed by atoms with van der Waals surface area (Å²) in [6.45, 7) is 4.26. The van der Waals surface area contributed by atoms with Crippen molar-refractivity contribution >= 4 is 0 Å². The molecule has 1 unspecified atom stereocenters. The normalized spacial score (nSPS) is 16.9. The third-order valence-corrected chi connectivity index (χ3v) is 4.48. The van der Waals surface area contributed by atoms with Crippen molar-refractivity contribution in [2.45, 2.75) is 44.6 Å². The van der Waals surface area contributed by atoms with Crippen LogP contribution in [0.25, 0.3) is 0 Å². The molecule has 1 atom stereocenters. The van der Waals surface area contributed by atoms with Crippen molar-refractivity contribution in [1.82, 2.24) is 15.5 Å². The Morgan fingerprint density at radius 3 is 2.62 bits per heavy atom. The van der Waals surface area contributed by atoms with Crippen LogP contribution in [0.2, 0.25) is 0 Å². The Balaban J connectivity index is 1.77. The van der Waals surface area contributed by atoms with Gasteiger partial charge in [0.1, 0.15) is 0 Å². The van der Waals surface area contributed by atoms with Crippen LogP contribution in [-0.2, 0) is 11.8 Å². The molecule has 4 heteroatoms. The zero-order chi connectivity index (χ0) is 14.9. The highest BCUT2D eigenvalue weighted by Crippen LogP contribution is 2.34. The Morgan fingerprint density at radius 1 is 1.29 bits per heavy atom. The molecule has 3 rings (SSSR count). The van der Waals surface area contributed by atoms with Gasteiger partial charge in [-0.2, -0.15) is 4.98 Å². The lowest BCUT2D eigenvalue weighted by molar-refractivity contribution is 0.344. The standard InChI is InChI=1S/C17H23N3O/c1-17(2,13-7-5-4-6-8-13)16-19-15(21-20-16)11-14(18-3)12-9-10-12/h4-8,12,14,18H,9-11H2,1-3H3. The van der Waals surface area contributed by atoms with Gasteiger partial charge in [-0.1, -0.05) is 35.5 Å². The average molecular weight is 285 g/mol. The fourth-order valence-electron chi connectivity index (χ4n) is 2.77. The quantitative estimate of drug-likeness (QED) is 0.886. The SMILES string of the molecule is CNC(Cc1nc(C(C)(C)c2ccccc2)no1)C1CC1. The highest BCUT2D eigenvalue weighted by molar-refractivity contribution is 5.30. The second kappa shape index (κ2) is 5.60. The maximum Gasteiger partial charge on any atom is 0.228 e. The van der Waals surface area contributed by atoms with Crippen molar-refractivity contribution in [2.75, 3.05) is 7.05 Å². The van der Waals surface area contributed by atoms with E-state index in [2.05, 4.69) is 41.4 Å². The van der Waals surface area contributed by atoms with Crippen LogP contribution in [0.5, 0.6) is 0 Å². The zero-order valence-corrected chi connectivity index (χ0v) is 13.0. The first-order valence-electron chi connectivity index (χ1n) is 7.67. The van der Waals surface area contributed by atoms with Gasteiger partial charge in [0.15, 0.2) is 5.82 Å². The lowest BCUT2D eigenvalue weighted by atomic mass is 9.84. The van der Waals surface area contributed by atoms with Crippen LogP contribution in [0.3, 0.4) is 0 Å². The number of benzene rings is 1. The van der Waals surface area contributed by atoms with E-state index in [4.69, 9.17) is 4.52 Å². The average Bonchev–Trinajstić information content (AvgIpc) is 3.23. The van der Waals surface area contributed by atoms with E-state index in [1.54, 1.807) is 0 Å². The predicted octanol–water partition coefficient (Wildman–Crippen LogP) is 2.94. The van der Waals surface area contributed by atoms with Crippen molar-refractivity contribution in [2.24, 2.45) is 5.92 Å². The number of rotatable bonds is 6. The van der Waals surface area contributed by atoms with Gasteiger partial charge in [-0.05, 0) is 45.2 Å². The molecule has 2 aromatic rings. The number of aromatic nitrogens is 2. The van der Waals surface area contributed by atoms with Crippen LogP contribution in [0, 0.1) is 5.92 Å². The van der Waals surface area contributed by atoms with Crippen molar-refractivity contribution < 1.29 is 4.52 Å². The van der Waals surface area contributed by atoms with Gasteiger partial charge in [0.05, 0.1) is 5.41 Å². The van der Waals surface area contributed by atoms with Crippen molar-refractivity contribution in [3.63, 3.8) is 0 Å². The molecule has 21 heavy (non-hydrogen) atoms. The molecule has 0 radical (unpaired) electrons. The molecule has 1 aromatic carbocycles. The van der Waals surface area contributed by atoms with Crippen LogP contribution < -0.4 is 5.32 Å². The Bertz CT molecular complexity index is 587. The van der Waals surface area contributed by atoms with Gasteiger partial charge in [-0.25, -0.2) is 0 Å². The van der Waals surface area contributed by atoms with Gasteiger partial charge in [-0.3, -0.25) is 0 Å². The smallest absolute Gasteiger partial charge is 0.228 e. The number of nitrogens with one attached hydrogen (secondary N) is 1. The van der Waals surface area contributed by atoms with E-state index in [1.165, 1.54) is 18.4 Å². The molecular weight excluding hydrogens is 262 g/mol. The van der Waals surface area contributed by atoms with Gasteiger partial charge >= 0.3 is 0 Å². The first-order valence-corrected chi connectivity index (χ1v) is 7.67. The minimum absolute atomic E-state index is 0.238. The van der Waals surface area contributed by atoms with Crippen LogP contribution in [0.1, 0.15) is 44.0 Å². The maximum absolute atomic E-state index is 5.48. The van der Waals surface area contributed by atoms with E-state index >= 15 is 0 Å². The first-order chi connectivity index (χ1) is 10.1. The van der Waals surface area contributed by atoms with Crippen LogP contribution in [-0.4, -0.2) is 23.2 Å². The van der Waals surface area contributed by atoms with Crippen LogP contribution >= 0.6 is 0 Å². The summed E-state index contributed by atoms with van der Waals surface area (Å²) in [5.74, 6) is 2.27. The van der Waals surface area contributed by atoms with Crippen molar-refractivity contribution in [3.8, 4) is 0 Å². The van der Waals surface area contributed by atoms with E-state index in [0.717, 1.165) is 24.1 Å². The molecule has 1 N–H and O–H groups in total. The highest BCUT2D eigenvalue weighted by atomic mass is 16.5. The Labute approximate surface area is 126 Å². The summed E-state index contributed by atoms with van der Waals surface area (Å²) >= 11 is 0. The molecule has 0 bridgehead atoms. The summed E-state index contributed by atoms with van der Waals surface area (Å²) in [7, 11) is 2.01. The Hall–Kier alpha value is -1.68. The van der Waals surface area contributed by atoms with E-state index < -0.39 is 0 Å². The van der Waals surface area contributed by atoms with Gasteiger partial charge < -0.3 is 9.84 Å². The Morgan fingerprint density at radius 2 is 2.00 bits per heavy atom. The summed E-state index contributed by atoms with van der Waals surface area (Å²) in [4.78, 5) is 4.64. The van der Waals surface area contributed by atoms with E-state index in [0.29, 0.717) is 6.04 Å². The lowest BCUT2D eigenvalue weighted by Gasteiger charge is -2.20. The molecule has 0 spiro atoms. The summed E-state index contributed by atoms with van der Waals surface area (Å²) < 4.78 is 5.48. The zero-order valence-electron chi connectivity index (χ0n) is 13.0. The van der Waals surface area contributed by atoms with Crippen molar-refractivity contribution in [3.05, 3.63) is 47.6 Å². The second-order valence-electron chi connectivity index (χ2n) is 6.44. The van der Waals surface area contributed by atoms with Gasteiger partial charge in [0.2, 0.25) is 5.89 Å². The largest absolute Gasteiger partial charge is 0.339 e. The molecule has 4 nitrogen and oxygen atoms in total. The molecule has 1 aromatic heterocycles.